The second-order valence-corrected chi connectivity index (χ2v) is 5.13. The molecule has 1 aromatic rings. The SMILES string of the molecule is O=C(NCCCOc1ccc(F)cc1)N1CCCC(O)C1. The van der Waals surface area contributed by atoms with Crippen LogP contribution in [0.3, 0.4) is 0 Å². The minimum atomic E-state index is -0.411. The normalized spacial score (nSPS) is 18.4. The van der Waals surface area contributed by atoms with Gasteiger partial charge in [-0.2, -0.15) is 0 Å². The summed E-state index contributed by atoms with van der Waals surface area (Å²) in [6, 6.07) is 5.69. The Bertz CT molecular complexity index is 453. The van der Waals surface area contributed by atoms with Crippen molar-refractivity contribution in [3.8, 4) is 5.75 Å². The van der Waals surface area contributed by atoms with Gasteiger partial charge >= 0.3 is 6.03 Å². The van der Waals surface area contributed by atoms with Crippen LogP contribution >= 0.6 is 0 Å². The van der Waals surface area contributed by atoms with Crippen molar-refractivity contribution in [2.75, 3.05) is 26.2 Å². The molecule has 1 atom stereocenters. The van der Waals surface area contributed by atoms with Gasteiger partial charge < -0.3 is 20.1 Å². The number of carbonyl (C=O) groups is 1. The molecule has 5 nitrogen and oxygen atoms in total. The van der Waals surface area contributed by atoms with Gasteiger partial charge in [0.1, 0.15) is 11.6 Å². The minimum absolute atomic E-state index is 0.143. The summed E-state index contributed by atoms with van der Waals surface area (Å²) in [4.78, 5) is 13.5. The zero-order chi connectivity index (χ0) is 15.1. The van der Waals surface area contributed by atoms with Crippen molar-refractivity contribution in [3.05, 3.63) is 30.1 Å². The second-order valence-electron chi connectivity index (χ2n) is 5.13. The van der Waals surface area contributed by atoms with E-state index < -0.39 is 6.10 Å². The van der Waals surface area contributed by atoms with Gasteiger partial charge in [-0.25, -0.2) is 9.18 Å². The molecule has 1 aromatic carbocycles. The van der Waals surface area contributed by atoms with Gasteiger partial charge in [-0.1, -0.05) is 0 Å². The summed E-state index contributed by atoms with van der Waals surface area (Å²) >= 11 is 0. The molecule has 0 bridgehead atoms. The average molecular weight is 296 g/mol. The Balaban J connectivity index is 1.59. The van der Waals surface area contributed by atoms with Crippen molar-refractivity contribution in [1.82, 2.24) is 10.2 Å². The van der Waals surface area contributed by atoms with E-state index in [1.54, 1.807) is 17.0 Å². The van der Waals surface area contributed by atoms with E-state index in [1.807, 2.05) is 0 Å². The molecule has 1 unspecified atom stereocenters. The van der Waals surface area contributed by atoms with E-state index in [9.17, 15) is 14.3 Å². The van der Waals surface area contributed by atoms with Gasteiger partial charge in [0.05, 0.1) is 12.7 Å². The van der Waals surface area contributed by atoms with Gasteiger partial charge in [-0.3, -0.25) is 0 Å². The number of carbonyl (C=O) groups excluding carboxylic acids is 1. The second kappa shape index (κ2) is 7.83. The molecule has 2 N–H and O–H groups in total. The average Bonchev–Trinajstić information content (AvgIpc) is 2.48. The maximum Gasteiger partial charge on any atom is 0.317 e. The van der Waals surface area contributed by atoms with Crippen molar-refractivity contribution in [2.45, 2.75) is 25.4 Å². The zero-order valence-corrected chi connectivity index (χ0v) is 11.9. The van der Waals surface area contributed by atoms with Crippen LogP contribution in [0.25, 0.3) is 0 Å². The number of amides is 2. The Morgan fingerprint density at radius 3 is 2.90 bits per heavy atom. The first-order valence-electron chi connectivity index (χ1n) is 7.24. The van der Waals surface area contributed by atoms with Crippen LogP contribution < -0.4 is 10.1 Å². The predicted molar refractivity (Wildman–Crippen MR) is 76.7 cm³/mol. The molecule has 1 heterocycles. The highest BCUT2D eigenvalue weighted by molar-refractivity contribution is 5.74. The number of aliphatic hydroxyl groups excluding tert-OH is 1. The maximum absolute atomic E-state index is 12.7. The van der Waals surface area contributed by atoms with Crippen molar-refractivity contribution in [3.63, 3.8) is 0 Å². The third-order valence-electron chi connectivity index (χ3n) is 3.36. The van der Waals surface area contributed by atoms with Crippen LogP contribution in [0.5, 0.6) is 5.75 Å². The van der Waals surface area contributed by atoms with Crippen LogP contribution in [0, 0.1) is 5.82 Å². The number of nitrogens with zero attached hydrogens (tertiary/aromatic N) is 1. The number of ether oxygens (including phenoxy) is 1. The quantitative estimate of drug-likeness (QED) is 0.814. The van der Waals surface area contributed by atoms with E-state index in [0.717, 1.165) is 12.8 Å². The molecule has 1 saturated heterocycles. The zero-order valence-electron chi connectivity index (χ0n) is 11.9. The van der Waals surface area contributed by atoms with E-state index in [2.05, 4.69) is 5.32 Å². The fraction of sp³-hybridized carbons (Fsp3) is 0.533. The molecule has 1 fully saturated rings. The topological polar surface area (TPSA) is 61.8 Å². The number of rotatable bonds is 5. The summed E-state index contributed by atoms with van der Waals surface area (Å²) in [5, 5.41) is 12.3. The number of likely N-dealkylation sites (tertiary alicyclic amines) is 1. The van der Waals surface area contributed by atoms with E-state index in [4.69, 9.17) is 4.74 Å². The first kappa shape index (κ1) is 15.6. The van der Waals surface area contributed by atoms with Crippen molar-refractivity contribution in [2.24, 2.45) is 0 Å². The van der Waals surface area contributed by atoms with Crippen molar-refractivity contribution in [1.29, 1.82) is 0 Å². The Morgan fingerprint density at radius 2 is 2.19 bits per heavy atom. The van der Waals surface area contributed by atoms with Gasteiger partial charge in [-0.05, 0) is 43.5 Å². The van der Waals surface area contributed by atoms with E-state index in [-0.39, 0.29) is 11.8 Å². The number of hydrogen-bond donors (Lipinski definition) is 2. The molecule has 2 amide bonds. The lowest BCUT2D eigenvalue weighted by atomic mass is 10.1. The first-order valence-corrected chi connectivity index (χ1v) is 7.24. The predicted octanol–water partition coefficient (Wildman–Crippen LogP) is 1.76. The monoisotopic (exact) mass is 296 g/mol. The summed E-state index contributed by atoms with van der Waals surface area (Å²) in [5.74, 6) is 0.320. The fourth-order valence-electron chi connectivity index (χ4n) is 2.24. The van der Waals surface area contributed by atoms with E-state index in [1.165, 1.54) is 12.1 Å². The number of halogens is 1. The number of hydrogen-bond acceptors (Lipinski definition) is 3. The molecule has 6 heteroatoms. The summed E-state index contributed by atoms with van der Waals surface area (Å²) in [6.45, 7) is 2.05. The third-order valence-corrected chi connectivity index (χ3v) is 3.36. The minimum Gasteiger partial charge on any atom is -0.494 e. The lowest BCUT2D eigenvalue weighted by Gasteiger charge is -2.30. The maximum atomic E-state index is 12.7. The Hall–Kier alpha value is -1.82. The standard InChI is InChI=1S/C15H21FN2O3/c16-12-4-6-14(7-5-12)21-10-2-8-17-15(20)18-9-1-3-13(19)11-18/h4-7,13,19H,1-3,8-11H2,(H,17,20). The van der Waals surface area contributed by atoms with E-state index >= 15 is 0 Å². The van der Waals surface area contributed by atoms with Crippen LogP contribution in [-0.4, -0.2) is 48.4 Å². The number of nitrogens with one attached hydrogen (secondary N) is 1. The first-order chi connectivity index (χ1) is 10.1. The number of β-amino-alcohol motifs (C(OH)–C–C–N with tert-alkyl or cyclic N) is 1. The number of piperidine rings is 1. The molecule has 1 aliphatic heterocycles. The number of benzene rings is 1. The Morgan fingerprint density at radius 1 is 1.43 bits per heavy atom. The molecule has 0 saturated carbocycles. The molecule has 0 aliphatic carbocycles. The fourth-order valence-corrected chi connectivity index (χ4v) is 2.24. The molecule has 2 rings (SSSR count). The molecule has 0 aromatic heterocycles. The van der Waals surface area contributed by atoms with Crippen molar-refractivity contribution >= 4 is 6.03 Å². The van der Waals surface area contributed by atoms with Gasteiger partial charge in [-0.15, -0.1) is 0 Å². The Kier molecular flexibility index (Phi) is 5.80. The summed E-state index contributed by atoms with van der Waals surface area (Å²) in [6.07, 6.45) is 1.85. The molecular weight excluding hydrogens is 275 g/mol. The molecular formula is C15H21FN2O3. The lowest BCUT2D eigenvalue weighted by molar-refractivity contribution is 0.0842. The van der Waals surface area contributed by atoms with Crippen LogP contribution in [0.15, 0.2) is 24.3 Å². The van der Waals surface area contributed by atoms with E-state index in [0.29, 0.717) is 38.4 Å². The van der Waals surface area contributed by atoms with Gasteiger partial charge in [0.15, 0.2) is 0 Å². The highest BCUT2D eigenvalue weighted by Gasteiger charge is 2.21. The van der Waals surface area contributed by atoms with Crippen LogP contribution in [0.1, 0.15) is 19.3 Å². The Labute approximate surface area is 123 Å². The van der Waals surface area contributed by atoms with Crippen molar-refractivity contribution < 1.29 is 19.0 Å². The van der Waals surface area contributed by atoms with Gasteiger partial charge in [0.2, 0.25) is 0 Å². The molecule has 1 aliphatic rings. The molecule has 21 heavy (non-hydrogen) atoms. The summed E-state index contributed by atoms with van der Waals surface area (Å²) in [5.41, 5.74) is 0. The van der Waals surface area contributed by atoms with Crippen LogP contribution in [0.2, 0.25) is 0 Å². The number of aliphatic hydroxyl groups is 1. The molecule has 0 radical (unpaired) electrons. The van der Waals surface area contributed by atoms with Gasteiger partial charge in [0, 0.05) is 19.6 Å². The smallest absolute Gasteiger partial charge is 0.317 e. The summed E-state index contributed by atoms with van der Waals surface area (Å²) in [7, 11) is 0. The third kappa shape index (κ3) is 5.23. The van der Waals surface area contributed by atoms with Crippen LogP contribution in [0.4, 0.5) is 9.18 Å². The van der Waals surface area contributed by atoms with Gasteiger partial charge in [0.25, 0.3) is 0 Å². The van der Waals surface area contributed by atoms with Crippen LogP contribution in [-0.2, 0) is 0 Å². The lowest BCUT2D eigenvalue weighted by Crippen LogP contribution is -2.47. The molecule has 0 spiro atoms. The highest BCUT2D eigenvalue weighted by Crippen LogP contribution is 2.11. The highest BCUT2D eigenvalue weighted by atomic mass is 19.1. The number of urea groups is 1. The molecule has 116 valence electrons. The summed E-state index contributed by atoms with van der Waals surface area (Å²) < 4.78 is 18.1. The largest absolute Gasteiger partial charge is 0.494 e.